The molecule has 0 aliphatic carbocycles. The maximum atomic E-state index is 14.1. The van der Waals surface area contributed by atoms with Crippen LogP contribution >= 0.6 is 0 Å². The standard InChI is InChI=1S/C28H25F3N2O5/c1-36-19-7-9-20(10-8-19)37-26-24(35)21-11-12-23(34)22(25(21)38-27(26)28(29,30)31)17-32-13-15-33(16-14-32)18-5-3-2-4-6-18/h2-12,34H,13-17H2,1H3. The lowest BCUT2D eigenvalue weighted by Gasteiger charge is -2.36. The Hall–Kier alpha value is -4.18. The van der Waals surface area contributed by atoms with Gasteiger partial charge < -0.3 is 23.9 Å². The van der Waals surface area contributed by atoms with E-state index < -0.39 is 23.1 Å². The second kappa shape index (κ2) is 10.3. The first kappa shape index (κ1) is 25.5. The van der Waals surface area contributed by atoms with E-state index in [0.29, 0.717) is 31.9 Å². The average Bonchev–Trinajstić information content (AvgIpc) is 2.92. The summed E-state index contributed by atoms with van der Waals surface area (Å²) in [6.45, 7) is 2.74. The summed E-state index contributed by atoms with van der Waals surface area (Å²) in [4.78, 5) is 17.5. The van der Waals surface area contributed by atoms with Crippen molar-refractivity contribution in [3.8, 4) is 23.0 Å². The molecule has 0 radical (unpaired) electrons. The van der Waals surface area contributed by atoms with E-state index in [-0.39, 0.29) is 34.6 Å². The van der Waals surface area contributed by atoms with Crippen LogP contribution in [-0.4, -0.2) is 43.3 Å². The summed E-state index contributed by atoms with van der Waals surface area (Å²) in [7, 11) is 1.45. The maximum Gasteiger partial charge on any atom is 0.453 e. The van der Waals surface area contributed by atoms with Crippen molar-refractivity contribution in [2.45, 2.75) is 12.7 Å². The molecule has 0 unspecified atom stereocenters. The lowest BCUT2D eigenvalue weighted by molar-refractivity contribution is -0.154. The number of methoxy groups -OCH3 is 1. The van der Waals surface area contributed by atoms with E-state index in [4.69, 9.17) is 13.9 Å². The Morgan fingerprint density at radius 1 is 0.921 bits per heavy atom. The first-order chi connectivity index (χ1) is 18.2. The van der Waals surface area contributed by atoms with Gasteiger partial charge in [-0.25, -0.2) is 0 Å². The average molecular weight is 527 g/mol. The number of hydrogen-bond donors (Lipinski definition) is 1. The van der Waals surface area contributed by atoms with Gasteiger partial charge in [-0.3, -0.25) is 9.69 Å². The molecule has 1 aliphatic rings. The van der Waals surface area contributed by atoms with Gasteiger partial charge in [0, 0.05) is 38.4 Å². The monoisotopic (exact) mass is 526 g/mol. The number of hydrogen-bond acceptors (Lipinski definition) is 7. The summed E-state index contributed by atoms with van der Waals surface area (Å²) < 4.78 is 57.9. The van der Waals surface area contributed by atoms with Crippen LogP contribution in [0.2, 0.25) is 0 Å². The molecule has 38 heavy (non-hydrogen) atoms. The number of nitrogens with zero attached hydrogens (tertiary/aromatic N) is 2. The van der Waals surface area contributed by atoms with Gasteiger partial charge >= 0.3 is 6.18 Å². The van der Waals surface area contributed by atoms with E-state index in [2.05, 4.69) is 4.90 Å². The van der Waals surface area contributed by atoms with Gasteiger partial charge in [0.15, 0.2) is 0 Å². The minimum Gasteiger partial charge on any atom is -0.507 e. The molecule has 1 N–H and O–H groups in total. The van der Waals surface area contributed by atoms with Crippen molar-refractivity contribution >= 4 is 16.7 Å². The van der Waals surface area contributed by atoms with Crippen molar-refractivity contribution in [3.05, 3.63) is 88.3 Å². The van der Waals surface area contributed by atoms with Crippen LogP contribution in [-0.2, 0) is 12.7 Å². The first-order valence-corrected chi connectivity index (χ1v) is 12.0. The number of ether oxygens (including phenoxy) is 2. The second-order valence-electron chi connectivity index (χ2n) is 8.90. The number of fused-ring (bicyclic) bond motifs is 1. The summed E-state index contributed by atoms with van der Waals surface area (Å²) >= 11 is 0. The van der Waals surface area contributed by atoms with Gasteiger partial charge in [-0.05, 0) is 48.5 Å². The Kier molecular flexibility index (Phi) is 6.90. The molecule has 0 bridgehead atoms. The summed E-state index contributed by atoms with van der Waals surface area (Å²) in [5.41, 5.74) is -0.0842. The third-order valence-corrected chi connectivity index (χ3v) is 6.51. The Morgan fingerprint density at radius 3 is 2.21 bits per heavy atom. The number of aromatic hydroxyl groups is 1. The molecule has 1 aromatic heterocycles. The first-order valence-electron chi connectivity index (χ1n) is 12.0. The molecule has 10 heteroatoms. The smallest absolute Gasteiger partial charge is 0.453 e. The van der Waals surface area contributed by atoms with Crippen molar-refractivity contribution in [2.24, 2.45) is 0 Å². The Morgan fingerprint density at radius 2 is 1.58 bits per heavy atom. The van der Waals surface area contributed by atoms with Gasteiger partial charge in [0.05, 0.1) is 18.1 Å². The third kappa shape index (κ3) is 5.12. The Bertz CT molecular complexity index is 1480. The molecule has 7 nitrogen and oxygen atoms in total. The zero-order valence-electron chi connectivity index (χ0n) is 20.5. The zero-order valence-corrected chi connectivity index (χ0v) is 20.5. The van der Waals surface area contributed by atoms with Crippen LogP contribution < -0.4 is 19.8 Å². The van der Waals surface area contributed by atoms with E-state index >= 15 is 0 Å². The number of alkyl halides is 3. The fourth-order valence-corrected chi connectivity index (χ4v) is 4.51. The molecule has 0 amide bonds. The van der Waals surface area contributed by atoms with Crippen LogP contribution in [0.5, 0.6) is 23.0 Å². The highest BCUT2D eigenvalue weighted by Crippen LogP contribution is 2.40. The molecule has 2 heterocycles. The molecule has 4 aromatic rings. The van der Waals surface area contributed by atoms with E-state index in [0.717, 1.165) is 5.69 Å². The van der Waals surface area contributed by atoms with Gasteiger partial charge in [0.1, 0.15) is 22.8 Å². The van der Waals surface area contributed by atoms with Gasteiger partial charge in [0.25, 0.3) is 5.76 Å². The minimum atomic E-state index is -5.01. The summed E-state index contributed by atoms with van der Waals surface area (Å²) in [5, 5.41) is 10.5. The van der Waals surface area contributed by atoms with Crippen molar-refractivity contribution in [3.63, 3.8) is 0 Å². The maximum absolute atomic E-state index is 14.1. The summed E-state index contributed by atoms with van der Waals surface area (Å²) in [6, 6.07) is 18.2. The Labute approximate surface area is 216 Å². The summed E-state index contributed by atoms with van der Waals surface area (Å²) in [6.07, 6.45) is -5.01. The Balaban J connectivity index is 1.48. The quantitative estimate of drug-likeness (QED) is 0.349. The minimum absolute atomic E-state index is 0.0123. The fraction of sp³-hybridized carbons (Fsp3) is 0.250. The molecule has 1 fully saturated rings. The number of para-hydroxylation sites is 1. The van der Waals surface area contributed by atoms with Gasteiger partial charge in [-0.1, -0.05) is 18.2 Å². The molecule has 0 atom stereocenters. The highest BCUT2D eigenvalue weighted by atomic mass is 19.4. The predicted octanol–water partition coefficient (Wildman–Crippen LogP) is 5.64. The van der Waals surface area contributed by atoms with Crippen LogP contribution in [0.1, 0.15) is 11.3 Å². The molecule has 5 rings (SSSR count). The van der Waals surface area contributed by atoms with Crippen LogP contribution in [0.25, 0.3) is 11.0 Å². The number of phenolic OH excluding ortho intramolecular Hbond substituents is 1. The molecule has 1 aliphatic heterocycles. The predicted molar refractivity (Wildman–Crippen MR) is 136 cm³/mol. The van der Waals surface area contributed by atoms with Gasteiger partial charge in [-0.15, -0.1) is 0 Å². The molecule has 198 valence electrons. The zero-order chi connectivity index (χ0) is 26.9. The lowest BCUT2D eigenvalue weighted by Crippen LogP contribution is -2.46. The lowest BCUT2D eigenvalue weighted by atomic mass is 10.1. The summed E-state index contributed by atoms with van der Waals surface area (Å²) in [5.74, 6) is -2.29. The molecular formula is C28H25F3N2O5. The van der Waals surface area contributed by atoms with Crippen molar-refractivity contribution < 1.29 is 32.2 Å². The molecule has 3 aromatic carbocycles. The molecule has 1 saturated heterocycles. The van der Waals surface area contributed by atoms with Crippen LogP contribution in [0, 0.1) is 0 Å². The highest BCUT2D eigenvalue weighted by molar-refractivity contribution is 5.83. The SMILES string of the molecule is COc1ccc(Oc2c(C(F)(F)F)oc3c(CN4CCN(c5ccccc5)CC4)c(O)ccc3c2=O)cc1. The van der Waals surface area contributed by atoms with Gasteiger partial charge in [-0.2, -0.15) is 13.2 Å². The number of benzene rings is 3. The fourth-order valence-electron chi connectivity index (χ4n) is 4.51. The number of anilines is 1. The number of rotatable bonds is 6. The normalized spacial score (nSPS) is 14.6. The number of phenols is 1. The topological polar surface area (TPSA) is 75.4 Å². The van der Waals surface area contributed by atoms with E-state index in [9.17, 15) is 23.1 Å². The largest absolute Gasteiger partial charge is 0.507 e. The number of halogens is 3. The van der Waals surface area contributed by atoms with Crippen molar-refractivity contribution in [2.75, 3.05) is 38.2 Å². The second-order valence-corrected chi connectivity index (χ2v) is 8.90. The van der Waals surface area contributed by atoms with E-state index in [1.807, 2.05) is 35.2 Å². The van der Waals surface area contributed by atoms with Crippen molar-refractivity contribution in [1.82, 2.24) is 4.90 Å². The van der Waals surface area contributed by atoms with E-state index in [1.165, 1.54) is 43.5 Å². The van der Waals surface area contributed by atoms with Crippen molar-refractivity contribution in [1.29, 1.82) is 0 Å². The number of piperazine rings is 1. The van der Waals surface area contributed by atoms with Crippen LogP contribution in [0.3, 0.4) is 0 Å². The molecule has 0 spiro atoms. The molecule has 0 saturated carbocycles. The molecular weight excluding hydrogens is 501 g/mol. The third-order valence-electron chi connectivity index (χ3n) is 6.51. The highest BCUT2D eigenvalue weighted by Gasteiger charge is 2.41. The van der Waals surface area contributed by atoms with Gasteiger partial charge in [0.2, 0.25) is 11.2 Å². The van der Waals surface area contributed by atoms with E-state index in [1.54, 1.807) is 0 Å². The van der Waals surface area contributed by atoms with Crippen LogP contribution in [0.15, 0.2) is 75.9 Å². The van der Waals surface area contributed by atoms with Crippen LogP contribution in [0.4, 0.5) is 18.9 Å².